The van der Waals surface area contributed by atoms with Crippen LogP contribution in [0.3, 0.4) is 0 Å². The lowest BCUT2D eigenvalue weighted by molar-refractivity contribution is -0.147. The van der Waals surface area contributed by atoms with E-state index in [0.717, 1.165) is 5.56 Å². The van der Waals surface area contributed by atoms with E-state index in [1.807, 2.05) is 30.3 Å². The Hall–Kier alpha value is -2.26. The second-order valence-corrected chi connectivity index (χ2v) is 6.09. The molecule has 0 saturated carbocycles. The normalized spacial score (nSPS) is 11.8. The van der Waals surface area contributed by atoms with E-state index in [2.05, 4.69) is 0 Å². The van der Waals surface area contributed by atoms with Gasteiger partial charge in [0, 0.05) is 0 Å². The van der Waals surface area contributed by atoms with Crippen LogP contribution in [0.1, 0.15) is 5.56 Å². The summed E-state index contributed by atoms with van der Waals surface area (Å²) in [7, 11) is -4.00. The lowest BCUT2D eigenvalue weighted by Gasteiger charge is -2.08. The molecule has 0 aromatic heterocycles. The van der Waals surface area contributed by atoms with Gasteiger partial charge in [-0.05, 0) is 17.7 Å². The van der Waals surface area contributed by atoms with Gasteiger partial charge in [0.25, 0.3) is 10.1 Å². The van der Waals surface area contributed by atoms with Crippen LogP contribution in [0, 0.1) is 0 Å². The Morgan fingerprint density at radius 2 is 1.54 bits per heavy atom. The minimum Gasteiger partial charge on any atom is -0.460 e. The van der Waals surface area contributed by atoms with Crippen molar-refractivity contribution in [2.75, 3.05) is 6.61 Å². The minimum atomic E-state index is -4.00. The van der Waals surface area contributed by atoms with Crippen LogP contribution >= 0.6 is 0 Å². The Labute approximate surface area is 140 Å². The van der Waals surface area contributed by atoms with Gasteiger partial charge in [-0.25, -0.2) is 0 Å². The number of benzene rings is 2. The SMILES string of the molecule is N[C@H](CO)C(=O)OCc1ccccc1.O=S(=O)(O)c1ccccc1. The molecule has 0 unspecified atom stereocenters. The van der Waals surface area contributed by atoms with Crippen molar-refractivity contribution in [1.29, 1.82) is 0 Å². The molecule has 0 aliphatic heterocycles. The zero-order valence-corrected chi connectivity index (χ0v) is 13.6. The summed E-state index contributed by atoms with van der Waals surface area (Å²) in [5.41, 5.74) is 6.15. The Balaban J connectivity index is 0.000000254. The first-order valence-electron chi connectivity index (χ1n) is 6.94. The van der Waals surface area contributed by atoms with Gasteiger partial charge in [-0.15, -0.1) is 0 Å². The van der Waals surface area contributed by atoms with E-state index in [0.29, 0.717) is 0 Å². The fraction of sp³-hybridized carbons (Fsp3) is 0.188. The van der Waals surface area contributed by atoms with Crippen LogP contribution in [0.5, 0.6) is 0 Å². The maximum Gasteiger partial charge on any atom is 0.325 e. The van der Waals surface area contributed by atoms with E-state index in [-0.39, 0.29) is 11.5 Å². The van der Waals surface area contributed by atoms with Crippen LogP contribution in [0.25, 0.3) is 0 Å². The molecule has 8 heteroatoms. The third-order valence-corrected chi connectivity index (χ3v) is 3.63. The fourth-order valence-corrected chi connectivity index (χ4v) is 2.00. The van der Waals surface area contributed by atoms with Gasteiger partial charge >= 0.3 is 5.97 Å². The zero-order chi connectivity index (χ0) is 18.0. The number of esters is 1. The van der Waals surface area contributed by atoms with Crippen molar-refractivity contribution in [3.05, 3.63) is 66.2 Å². The number of rotatable bonds is 5. The number of ether oxygens (including phenoxy) is 1. The zero-order valence-electron chi connectivity index (χ0n) is 12.8. The average Bonchev–Trinajstić information content (AvgIpc) is 2.60. The van der Waals surface area contributed by atoms with Crippen LogP contribution < -0.4 is 5.73 Å². The lowest BCUT2D eigenvalue weighted by atomic mass is 10.2. The number of aliphatic hydroxyl groups is 1. The number of hydrogen-bond acceptors (Lipinski definition) is 6. The summed E-state index contributed by atoms with van der Waals surface area (Å²) in [6, 6.07) is 15.8. The standard InChI is InChI=1S/C10H13NO3.C6H6O3S/c11-9(6-12)10(13)14-7-8-4-2-1-3-5-8;7-10(8,9)6-4-2-1-3-5-6/h1-5,9,12H,6-7,11H2;1-5H,(H,7,8,9)/t9-;/m1./s1. The quantitative estimate of drug-likeness (QED) is 0.540. The monoisotopic (exact) mass is 353 g/mol. The first-order valence-corrected chi connectivity index (χ1v) is 8.38. The number of hydrogen-bond donors (Lipinski definition) is 3. The van der Waals surface area contributed by atoms with Gasteiger partial charge in [0.15, 0.2) is 0 Å². The summed E-state index contributed by atoms with van der Waals surface area (Å²) in [6.45, 7) is -0.207. The van der Waals surface area contributed by atoms with Gasteiger partial charge in [-0.2, -0.15) is 8.42 Å². The number of aliphatic hydroxyl groups excluding tert-OH is 1. The van der Waals surface area contributed by atoms with Gasteiger partial charge in [0.2, 0.25) is 0 Å². The smallest absolute Gasteiger partial charge is 0.325 e. The molecule has 0 saturated heterocycles. The van der Waals surface area contributed by atoms with Crippen molar-refractivity contribution in [1.82, 2.24) is 0 Å². The van der Waals surface area contributed by atoms with Gasteiger partial charge in [0.05, 0.1) is 11.5 Å². The molecule has 2 aromatic rings. The summed E-state index contributed by atoms with van der Waals surface area (Å²) >= 11 is 0. The molecule has 0 fully saturated rings. The molecule has 0 bridgehead atoms. The van der Waals surface area contributed by atoms with Crippen molar-refractivity contribution in [2.45, 2.75) is 17.5 Å². The summed E-state index contributed by atoms with van der Waals surface area (Å²) in [4.78, 5) is 11.0. The highest BCUT2D eigenvalue weighted by atomic mass is 32.2. The first kappa shape index (κ1) is 19.8. The predicted molar refractivity (Wildman–Crippen MR) is 87.6 cm³/mol. The van der Waals surface area contributed by atoms with Crippen LogP contribution in [0.2, 0.25) is 0 Å². The molecule has 0 aliphatic carbocycles. The van der Waals surface area contributed by atoms with Crippen molar-refractivity contribution in [3.8, 4) is 0 Å². The van der Waals surface area contributed by atoms with E-state index < -0.39 is 28.7 Å². The van der Waals surface area contributed by atoms with Gasteiger partial charge in [0.1, 0.15) is 12.6 Å². The van der Waals surface area contributed by atoms with E-state index in [4.69, 9.17) is 20.1 Å². The van der Waals surface area contributed by atoms with E-state index in [1.54, 1.807) is 18.2 Å². The molecule has 0 aliphatic rings. The highest BCUT2D eigenvalue weighted by Gasteiger charge is 2.13. The molecular weight excluding hydrogens is 334 g/mol. The third-order valence-electron chi connectivity index (χ3n) is 2.76. The topological polar surface area (TPSA) is 127 Å². The lowest BCUT2D eigenvalue weighted by Crippen LogP contribution is -2.35. The molecule has 130 valence electrons. The molecular formula is C16H19NO6S. The summed E-state index contributed by atoms with van der Waals surface area (Å²) in [5.74, 6) is -0.587. The molecule has 24 heavy (non-hydrogen) atoms. The van der Waals surface area contributed by atoms with Gasteiger partial charge in [-0.3, -0.25) is 9.35 Å². The highest BCUT2D eigenvalue weighted by molar-refractivity contribution is 7.85. The molecule has 0 spiro atoms. The van der Waals surface area contributed by atoms with Crippen molar-refractivity contribution >= 4 is 16.1 Å². The Kier molecular flexibility index (Phi) is 8.07. The Morgan fingerprint density at radius 1 is 1.04 bits per heavy atom. The van der Waals surface area contributed by atoms with E-state index in [9.17, 15) is 13.2 Å². The predicted octanol–water partition coefficient (Wildman–Crippen LogP) is 0.983. The number of nitrogens with two attached hydrogens (primary N) is 1. The maximum atomic E-state index is 11.0. The second-order valence-electron chi connectivity index (χ2n) is 4.67. The fourth-order valence-electron chi connectivity index (χ4n) is 1.50. The van der Waals surface area contributed by atoms with Crippen LogP contribution in [0.15, 0.2) is 65.6 Å². The minimum absolute atomic E-state index is 0.0741. The molecule has 7 nitrogen and oxygen atoms in total. The summed E-state index contributed by atoms with van der Waals surface area (Å²) in [5, 5.41) is 8.58. The van der Waals surface area contributed by atoms with Crippen LogP contribution in [-0.4, -0.2) is 36.7 Å². The molecule has 0 heterocycles. The maximum absolute atomic E-state index is 11.0. The third kappa shape index (κ3) is 7.34. The van der Waals surface area contributed by atoms with E-state index >= 15 is 0 Å². The molecule has 2 aromatic carbocycles. The van der Waals surface area contributed by atoms with Crippen LogP contribution in [-0.2, 0) is 26.3 Å². The Morgan fingerprint density at radius 3 is 1.96 bits per heavy atom. The van der Waals surface area contributed by atoms with Crippen molar-refractivity contribution in [3.63, 3.8) is 0 Å². The number of carbonyl (C=O) groups excluding carboxylic acids is 1. The Bertz CT molecular complexity index is 719. The summed E-state index contributed by atoms with van der Waals surface area (Å²) < 4.78 is 34.1. The molecule has 2 rings (SSSR count). The second kappa shape index (κ2) is 9.78. The van der Waals surface area contributed by atoms with Crippen molar-refractivity contribution < 1.29 is 27.6 Å². The largest absolute Gasteiger partial charge is 0.460 e. The van der Waals surface area contributed by atoms with Gasteiger partial charge in [-0.1, -0.05) is 48.5 Å². The molecule has 4 N–H and O–H groups in total. The van der Waals surface area contributed by atoms with Gasteiger partial charge < -0.3 is 15.6 Å². The molecule has 1 atom stereocenters. The molecule has 0 radical (unpaired) electrons. The van der Waals surface area contributed by atoms with E-state index in [1.165, 1.54) is 12.1 Å². The first-order chi connectivity index (χ1) is 11.3. The summed E-state index contributed by atoms with van der Waals surface area (Å²) in [6.07, 6.45) is 0. The number of carbonyl (C=O) groups is 1. The highest BCUT2D eigenvalue weighted by Crippen LogP contribution is 2.05. The van der Waals surface area contributed by atoms with Crippen LogP contribution in [0.4, 0.5) is 0 Å². The van der Waals surface area contributed by atoms with Crippen molar-refractivity contribution in [2.24, 2.45) is 5.73 Å². The molecule has 0 amide bonds. The average molecular weight is 353 g/mol.